The van der Waals surface area contributed by atoms with Crippen molar-refractivity contribution in [3.05, 3.63) is 42.5 Å². The molecular weight excluding hydrogens is 513 g/mol. The number of fused-ring (bicyclic) bond motifs is 3. The van der Waals surface area contributed by atoms with E-state index in [1.807, 2.05) is 37.6 Å². The quantitative estimate of drug-likeness (QED) is 0.367. The van der Waals surface area contributed by atoms with Gasteiger partial charge in [0.25, 0.3) is 0 Å². The van der Waals surface area contributed by atoms with Gasteiger partial charge in [-0.1, -0.05) is 6.92 Å². The number of likely N-dealkylation sites (N-methyl/N-ethyl adjacent to an activating group) is 1. The molecular formula is C28H32FN9S. The fourth-order valence-corrected chi connectivity index (χ4v) is 7.00. The Balaban J connectivity index is 1.10. The summed E-state index contributed by atoms with van der Waals surface area (Å²) >= 11 is 1.60. The molecule has 0 amide bonds. The number of hydrogen-bond acceptors (Lipinski definition) is 10. The SMILES string of the molecule is CCN1C[C@H]2CC1CN2c1nc(C)cc(Nc2cc3nc(-c4cncc(N5CCC(F)CC5)c4)sc3cn2)n1. The summed E-state index contributed by atoms with van der Waals surface area (Å²) in [5.74, 6) is 2.23. The smallest absolute Gasteiger partial charge is 0.227 e. The van der Waals surface area contributed by atoms with Crippen LogP contribution < -0.4 is 15.1 Å². The van der Waals surface area contributed by atoms with E-state index in [0.717, 1.165) is 63.6 Å². The van der Waals surface area contributed by atoms with Gasteiger partial charge in [-0.15, -0.1) is 11.3 Å². The molecule has 7 rings (SSSR count). The molecule has 3 aliphatic heterocycles. The van der Waals surface area contributed by atoms with Gasteiger partial charge in [0, 0.05) is 74.0 Å². The molecule has 9 nitrogen and oxygen atoms in total. The van der Waals surface area contributed by atoms with Gasteiger partial charge in [-0.05, 0) is 38.8 Å². The molecule has 2 bridgehead atoms. The fraction of sp³-hybridized carbons (Fsp3) is 0.464. The zero-order valence-electron chi connectivity index (χ0n) is 22.2. The molecule has 4 aromatic rings. The number of aromatic nitrogens is 5. The largest absolute Gasteiger partial charge is 0.370 e. The average Bonchev–Trinajstić information content (AvgIpc) is 3.67. The third-order valence-corrected chi connectivity index (χ3v) is 9.21. The first-order valence-corrected chi connectivity index (χ1v) is 14.6. The predicted molar refractivity (Wildman–Crippen MR) is 154 cm³/mol. The number of nitrogens with one attached hydrogen (secondary N) is 1. The van der Waals surface area contributed by atoms with Crippen LogP contribution in [-0.4, -0.2) is 80.8 Å². The topological polar surface area (TPSA) is 86.2 Å². The average molecular weight is 546 g/mol. The van der Waals surface area contributed by atoms with E-state index in [1.54, 1.807) is 11.3 Å². The van der Waals surface area contributed by atoms with Crippen LogP contribution in [0.1, 0.15) is 31.9 Å². The lowest BCUT2D eigenvalue weighted by molar-refractivity contribution is 0.250. The number of piperazine rings is 1. The van der Waals surface area contributed by atoms with Crippen molar-refractivity contribution in [3.63, 3.8) is 0 Å². The van der Waals surface area contributed by atoms with Crippen molar-refractivity contribution in [1.82, 2.24) is 29.8 Å². The maximum Gasteiger partial charge on any atom is 0.227 e. The first-order chi connectivity index (χ1) is 19.0. The summed E-state index contributed by atoms with van der Waals surface area (Å²) in [6, 6.07) is 7.10. The van der Waals surface area contributed by atoms with E-state index in [1.165, 1.54) is 6.42 Å². The molecule has 202 valence electrons. The van der Waals surface area contributed by atoms with Crippen LogP contribution in [0.25, 0.3) is 20.8 Å². The second-order valence-electron chi connectivity index (χ2n) is 10.8. The van der Waals surface area contributed by atoms with Gasteiger partial charge in [-0.3, -0.25) is 9.88 Å². The lowest BCUT2D eigenvalue weighted by Crippen LogP contribution is -2.46. The Morgan fingerprint density at radius 3 is 2.67 bits per heavy atom. The number of thiazole rings is 1. The number of likely N-dealkylation sites (tertiary alicyclic amines) is 1. The molecule has 1 unspecified atom stereocenters. The summed E-state index contributed by atoms with van der Waals surface area (Å²) in [4.78, 5) is 30.7. The molecule has 4 aromatic heterocycles. The molecule has 0 saturated carbocycles. The number of nitrogens with zero attached hydrogens (tertiary/aromatic N) is 8. The highest BCUT2D eigenvalue weighted by atomic mass is 32.1. The standard InChI is InChI=1S/C28H32FN9S/c1-3-36-15-22-10-21(36)16-38(22)28-32-17(2)8-26(35-28)34-25-11-23-24(14-31-25)39-27(33-23)18-9-20(13-30-12-18)37-6-4-19(29)5-7-37/h8-9,11-14,19,21-22H,3-7,10,15-16H2,1-2H3,(H,31,32,34,35)/t21?,22-/m1/s1. The summed E-state index contributed by atoms with van der Waals surface area (Å²) in [5.41, 5.74) is 3.78. The number of anilines is 4. The lowest BCUT2D eigenvalue weighted by atomic mass is 10.1. The molecule has 3 fully saturated rings. The third kappa shape index (κ3) is 4.78. The van der Waals surface area contributed by atoms with Crippen molar-refractivity contribution in [2.45, 2.75) is 51.4 Å². The molecule has 3 saturated heterocycles. The summed E-state index contributed by atoms with van der Waals surface area (Å²) in [6.07, 6.45) is 7.17. The highest BCUT2D eigenvalue weighted by Gasteiger charge is 2.43. The van der Waals surface area contributed by atoms with Crippen LogP contribution in [0.3, 0.4) is 0 Å². The molecule has 11 heteroatoms. The normalized spacial score (nSPS) is 21.8. The van der Waals surface area contributed by atoms with Crippen LogP contribution >= 0.6 is 11.3 Å². The van der Waals surface area contributed by atoms with E-state index >= 15 is 0 Å². The number of pyridine rings is 2. The van der Waals surface area contributed by atoms with Crippen LogP contribution in [0.5, 0.6) is 0 Å². The molecule has 39 heavy (non-hydrogen) atoms. The highest BCUT2D eigenvalue weighted by molar-refractivity contribution is 7.21. The van der Waals surface area contributed by atoms with Crippen LogP contribution in [0.15, 0.2) is 36.8 Å². The van der Waals surface area contributed by atoms with E-state index in [-0.39, 0.29) is 0 Å². The second-order valence-corrected chi connectivity index (χ2v) is 11.8. The Morgan fingerprint density at radius 2 is 1.87 bits per heavy atom. The maximum absolute atomic E-state index is 13.6. The minimum atomic E-state index is -0.697. The molecule has 0 spiro atoms. The predicted octanol–water partition coefficient (Wildman–Crippen LogP) is 4.82. The molecule has 0 aromatic carbocycles. The number of alkyl halides is 1. The Hall–Kier alpha value is -3.44. The summed E-state index contributed by atoms with van der Waals surface area (Å²) in [7, 11) is 0. The molecule has 3 aliphatic rings. The number of hydrogen-bond donors (Lipinski definition) is 1. The molecule has 0 aliphatic carbocycles. The minimum absolute atomic E-state index is 0.482. The third-order valence-electron chi connectivity index (χ3n) is 8.15. The number of piperidine rings is 1. The minimum Gasteiger partial charge on any atom is -0.370 e. The fourth-order valence-electron chi connectivity index (χ4n) is 6.11. The van der Waals surface area contributed by atoms with E-state index < -0.39 is 6.17 Å². The van der Waals surface area contributed by atoms with Crippen molar-refractivity contribution in [2.24, 2.45) is 0 Å². The van der Waals surface area contributed by atoms with E-state index in [2.05, 4.69) is 43.0 Å². The molecule has 2 atom stereocenters. The van der Waals surface area contributed by atoms with Gasteiger partial charge in [0.05, 0.1) is 22.1 Å². The second kappa shape index (κ2) is 9.95. The highest BCUT2D eigenvalue weighted by Crippen LogP contribution is 2.35. The van der Waals surface area contributed by atoms with Crippen LogP contribution in [0, 0.1) is 6.92 Å². The number of halogens is 1. The van der Waals surface area contributed by atoms with E-state index in [0.29, 0.717) is 43.8 Å². The van der Waals surface area contributed by atoms with Crippen molar-refractivity contribution in [2.75, 3.05) is 47.8 Å². The van der Waals surface area contributed by atoms with Gasteiger partial charge >= 0.3 is 0 Å². The van der Waals surface area contributed by atoms with Gasteiger partial charge in [0.15, 0.2) is 0 Å². The monoisotopic (exact) mass is 545 g/mol. The Kier molecular flexibility index (Phi) is 6.27. The Morgan fingerprint density at radius 1 is 1.00 bits per heavy atom. The summed E-state index contributed by atoms with van der Waals surface area (Å²) < 4.78 is 14.6. The van der Waals surface area contributed by atoms with Crippen LogP contribution in [0.2, 0.25) is 0 Å². The first-order valence-electron chi connectivity index (χ1n) is 13.8. The lowest BCUT2D eigenvalue weighted by Gasteiger charge is -2.33. The first kappa shape index (κ1) is 24.6. The molecule has 0 radical (unpaired) electrons. The molecule has 7 heterocycles. The number of aryl methyl sites for hydroxylation is 1. The van der Waals surface area contributed by atoms with E-state index in [9.17, 15) is 4.39 Å². The summed E-state index contributed by atoms with van der Waals surface area (Å²) in [5, 5.41) is 4.28. The van der Waals surface area contributed by atoms with E-state index in [4.69, 9.17) is 15.0 Å². The van der Waals surface area contributed by atoms with Gasteiger partial charge in [0.1, 0.15) is 22.8 Å². The van der Waals surface area contributed by atoms with Crippen molar-refractivity contribution in [1.29, 1.82) is 0 Å². The zero-order valence-corrected chi connectivity index (χ0v) is 23.0. The van der Waals surface area contributed by atoms with Crippen LogP contribution in [0.4, 0.5) is 27.7 Å². The van der Waals surface area contributed by atoms with Gasteiger partial charge in [-0.25, -0.2) is 19.3 Å². The zero-order chi connectivity index (χ0) is 26.5. The Labute approximate surface area is 231 Å². The maximum atomic E-state index is 13.6. The van der Waals surface area contributed by atoms with Crippen molar-refractivity contribution < 1.29 is 4.39 Å². The summed E-state index contributed by atoms with van der Waals surface area (Å²) in [6.45, 7) is 8.84. The Bertz CT molecular complexity index is 1500. The molecule has 1 N–H and O–H groups in total. The van der Waals surface area contributed by atoms with Gasteiger partial charge in [-0.2, -0.15) is 4.98 Å². The van der Waals surface area contributed by atoms with Gasteiger partial charge in [0.2, 0.25) is 5.95 Å². The number of rotatable bonds is 6. The van der Waals surface area contributed by atoms with Crippen molar-refractivity contribution in [3.8, 4) is 10.6 Å². The van der Waals surface area contributed by atoms with Gasteiger partial charge < -0.3 is 15.1 Å². The van der Waals surface area contributed by atoms with Crippen molar-refractivity contribution >= 4 is 44.8 Å². The van der Waals surface area contributed by atoms with Crippen LogP contribution in [-0.2, 0) is 0 Å².